The Bertz CT molecular complexity index is 329. The largest absolute Gasteiger partial charge is 0.456 e. The first kappa shape index (κ1) is 9.65. The summed E-state index contributed by atoms with van der Waals surface area (Å²) in [5.41, 5.74) is 2.52. The van der Waals surface area contributed by atoms with E-state index in [2.05, 4.69) is 34.9 Å². The van der Waals surface area contributed by atoms with Crippen LogP contribution in [0, 0.1) is 3.57 Å². The highest BCUT2D eigenvalue weighted by molar-refractivity contribution is 14.1. The van der Waals surface area contributed by atoms with Crippen molar-refractivity contribution in [3.8, 4) is 5.75 Å². The summed E-state index contributed by atoms with van der Waals surface area (Å²) >= 11 is 7.90. The van der Waals surface area contributed by atoms with Crippen molar-refractivity contribution in [2.45, 2.75) is 0 Å². The molecule has 0 N–H and O–H groups in total. The quantitative estimate of drug-likeness (QED) is 0.459. The van der Waals surface area contributed by atoms with Gasteiger partial charge in [-0.25, -0.2) is 0 Å². The Morgan fingerprint density at radius 1 is 1.58 bits per heavy atom. The molecule has 0 aliphatic rings. The Hall–Kier alpha value is -0.440. The van der Waals surface area contributed by atoms with E-state index in [1.807, 2.05) is 6.07 Å². The van der Waals surface area contributed by atoms with E-state index in [0.29, 0.717) is 5.02 Å². The van der Waals surface area contributed by atoms with Gasteiger partial charge in [-0.15, -0.1) is 0 Å². The van der Waals surface area contributed by atoms with Crippen LogP contribution < -0.4 is 4.74 Å². The van der Waals surface area contributed by atoms with E-state index < -0.39 is 0 Å². The molecule has 0 saturated carbocycles. The van der Waals surface area contributed by atoms with Crippen molar-refractivity contribution in [3.05, 3.63) is 45.4 Å². The SMILES string of the molecule is C=C=COc1ccc(Cl)cc1I. The molecular formula is C9H6ClIO. The van der Waals surface area contributed by atoms with E-state index in [0.717, 1.165) is 9.32 Å². The Balaban J connectivity index is 2.93. The van der Waals surface area contributed by atoms with Crippen LogP contribution in [0.5, 0.6) is 5.75 Å². The van der Waals surface area contributed by atoms with Gasteiger partial charge in [-0.3, -0.25) is 0 Å². The highest BCUT2D eigenvalue weighted by atomic mass is 127. The molecule has 62 valence electrons. The lowest BCUT2D eigenvalue weighted by Gasteiger charge is -2.01. The molecule has 1 aromatic carbocycles. The van der Waals surface area contributed by atoms with Crippen LogP contribution in [0.15, 0.2) is 36.8 Å². The molecule has 0 aliphatic carbocycles. The van der Waals surface area contributed by atoms with Gasteiger partial charge in [0, 0.05) is 5.02 Å². The first-order chi connectivity index (χ1) is 5.74. The zero-order chi connectivity index (χ0) is 8.97. The van der Waals surface area contributed by atoms with E-state index in [9.17, 15) is 0 Å². The fraction of sp³-hybridized carbons (Fsp3) is 0. The van der Waals surface area contributed by atoms with E-state index in [1.165, 1.54) is 6.26 Å². The van der Waals surface area contributed by atoms with E-state index in [4.69, 9.17) is 16.3 Å². The fourth-order valence-electron chi connectivity index (χ4n) is 0.676. The van der Waals surface area contributed by atoms with Crippen LogP contribution in [0.25, 0.3) is 0 Å². The average Bonchev–Trinajstić information content (AvgIpc) is 2.03. The standard InChI is InChI=1S/C9H6ClIO/c1-2-5-12-9-4-3-7(10)6-8(9)11/h3-6H,1H2. The summed E-state index contributed by atoms with van der Waals surface area (Å²) < 4.78 is 6.14. The number of rotatable bonds is 2. The third-order valence-electron chi connectivity index (χ3n) is 1.16. The summed E-state index contributed by atoms with van der Waals surface area (Å²) in [6, 6.07) is 5.41. The van der Waals surface area contributed by atoms with Crippen molar-refractivity contribution < 1.29 is 4.74 Å². The lowest BCUT2D eigenvalue weighted by molar-refractivity contribution is 0.479. The van der Waals surface area contributed by atoms with Crippen molar-refractivity contribution in [3.63, 3.8) is 0 Å². The van der Waals surface area contributed by atoms with Crippen LogP contribution >= 0.6 is 34.2 Å². The van der Waals surface area contributed by atoms with Gasteiger partial charge >= 0.3 is 0 Å². The number of hydrogen-bond acceptors (Lipinski definition) is 1. The molecule has 0 radical (unpaired) electrons. The third kappa shape index (κ3) is 2.55. The maximum atomic E-state index is 5.75. The van der Waals surface area contributed by atoms with Crippen LogP contribution in [0.1, 0.15) is 0 Å². The molecule has 1 rings (SSSR count). The molecule has 0 atom stereocenters. The summed E-state index contributed by atoms with van der Waals surface area (Å²) in [4.78, 5) is 0. The molecule has 3 heteroatoms. The Labute approximate surface area is 89.8 Å². The molecular weight excluding hydrogens is 286 g/mol. The lowest BCUT2D eigenvalue weighted by Crippen LogP contribution is -1.84. The minimum Gasteiger partial charge on any atom is -0.456 e. The molecule has 1 aromatic rings. The molecule has 0 fully saturated rings. The maximum Gasteiger partial charge on any atom is 0.140 e. The average molecular weight is 293 g/mol. The molecule has 12 heavy (non-hydrogen) atoms. The van der Waals surface area contributed by atoms with Gasteiger partial charge in [-0.2, -0.15) is 0 Å². The Morgan fingerprint density at radius 3 is 2.92 bits per heavy atom. The molecule has 0 aromatic heterocycles. The predicted molar refractivity (Wildman–Crippen MR) is 58.5 cm³/mol. The zero-order valence-corrected chi connectivity index (χ0v) is 9.09. The van der Waals surface area contributed by atoms with Gasteiger partial charge in [-0.1, -0.05) is 23.9 Å². The molecule has 0 spiro atoms. The van der Waals surface area contributed by atoms with Crippen LogP contribution in [0.3, 0.4) is 0 Å². The topological polar surface area (TPSA) is 9.23 Å². The highest BCUT2D eigenvalue weighted by Gasteiger charge is 1.98. The van der Waals surface area contributed by atoms with Crippen molar-refractivity contribution >= 4 is 34.2 Å². The van der Waals surface area contributed by atoms with Crippen molar-refractivity contribution in [1.82, 2.24) is 0 Å². The number of halogens is 2. The number of ether oxygens (including phenoxy) is 1. The normalized spacial score (nSPS) is 8.83. The van der Waals surface area contributed by atoms with Crippen LogP contribution in [-0.2, 0) is 0 Å². The van der Waals surface area contributed by atoms with Crippen molar-refractivity contribution in [2.75, 3.05) is 0 Å². The van der Waals surface area contributed by atoms with E-state index in [-0.39, 0.29) is 0 Å². The van der Waals surface area contributed by atoms with E-state index in [1.54, 1.807) is 12.1 Å². The van der Waals surface area contributed by atoms with Gasteiger partial charge in [0.25, 0.3) is 0 Å². The van der Waals surface area contributed by atoms with Crippen LogP contribution in [0.4, 0.5) is 0 Å². The molecule has 0 heterocycles. The summed E-state index contributed by atoms with van der Waals surface area (Å²) in [7, 11) is 0. The number of benzene rings is 1. The molecule has 0 aliphatic heterocycles. The summed E-state index contributed by atoms with van der Waals surface area (Å²) in [6.07, 6.45) is 1.41. The lowest BCUT2D eigenvalue weighted by atomic mass is 10.3. The fourth-order valence-corrected chi connectivity index (χ4v) is 1.67. The predicted octanol–water partition coefficient (Wildman–Crippen LogP) is 3.62. The first-order valence-electron chi connectivity index (χ1n) is 3.20. The Morgan fingerprint density at radius 2 is 2.33 bits per heavy atom. The van der Waals surface area contributed by atoms with Crippen LogP contribution in [0.2, 0.25) is 5.02 Å². The second-order valence-corrected chi connectivity index (χ2v) is 3.61. The Kier molecular flexibility index (Phi) is 3.66. The highest BCUT2D eigenvalue weighted by Crippen LogP contribution is 2.24. The third-order valence-corrected chi connectivity index (χ3v) is 2.24. The molecule has 0 amide bonds. The monoisotopic (exact) mass is 292 g/mol. The molecule has 0 bridgehead atoms. The second-order valence-electron chi connectivity index (χ2n) is 2.01. The van der Waals surface area contributed by atoms with Gasteiger partial charge < -0.3 is 4.74 Å². The molecule has 1 nitrogen and oxygen atoms in total. The first-order valence-corrected chi connectivity index (χ1v) is 4.65. The van der Waals surface area contributed by atoms with Gasteiger partial charge in [0.2, 0.25) is 0 Å². The molecule has 0 saturated heterocycles. The second kappa shape index (κ2) is 4.55. The van der Waals surface area contributed by atoms with Gasteiger partial charge in [0.1, 0.15) is 12.0 Å². The zero-order valence-electron chi connectivity index (χ0n) is 6.18. The minimum absolute atomic E-state index is 0.703. The van der Waals surface area contributed by atoms with Crippen LogP contribution in [-0.4, -0.2) is 0 Å². The minimum atomic E-state index is 0.703. The summed E-state index contributed by atoms with van der Waals surface area (Å²) in [5.74, 6) is 0.760. The van der Waals surface area contributed by atoms with Crippen molar-refractivity contribution in [1.29, 1.82) is 0 Å². The smallest absolute Gasteiger partial charge is 0.140 e. The van der Waals surface area contributed by atoms with E-state index >= 15 is 0 Å². The maximum absolute atomic E-state index is 5.75. The summed E-state index contributed by atoms with van der Waals surface area (Å²) in [6.45, 7) is 3.39. The molecule has 0 unspecified atom stereocenters. The van der Waals surface area contributed by atoms with Gasteiger partial charge in [0.15, 0.2) is 0 Å². The van der Waals surface area contributed by atoms with Gasteiger partial charge in [-0.05, 0) is 40.8 Å². The van der Waals surface area contributed by atoms with Crippen molar-refractivity contribution in [2.24, 2.45) is 0 Å². The van der Waals surface area contributed by atoms with Gasteiger partial charge in [0.05, 0.1) is 3.57 Å². The number of hydrogen-bond donors (Lipinski definition) is 0. The summed E-state index contributed by atoms with van der Waals surface area (Å²) in [5, 5.41) is 0.703.